The summed E-state index contributed by atoms with van der Waals surface area (Å²) >= 11 is 1.46. The van der Waals surface area contributed by atoms with Gasteiger partial charge in [0.05, 0.1) is 47.9 Å². The number of rotatable bonds is 20. The molecule has 7 rings (SSSR count). The van der Waals surface area contributed by atoms with Gasteiger partial charge >= 0.3 is 0 Å². The highest BCUT2D eigenvalue weighted by Gasteiger charge is 2.44. The number of aryl methyl sites for hydroxylation is 1. The van der Waals surface area contributed by atoms with Gasteiger partial charge in [-0.15, -0.1) is 11.3 Å². The lowest BCUT2D eigenvalue weighted by molar-refractivity contribution is -0.137. The third-order valence-electron chi connectivity index (χ3n) is 11.4. The van der Waals surface area contributed by atoms with E-state index in [0.717, 1.165) is 53.7 Å². The van der Waals surface area contributed by atoms with Crippen molar-refractivity contribution in [1.29, 1.82) is 0 Å². The van der Waals surface area contributed by atoms with Crippen LogP contribution in [-0.4, -0.2) is 85.4 Å². The quantitative estimate of drug-likeness (QED) is 0.0737. The number of hydrogen-bond donors (Lipinski definition) is 2. The Morgan fingerprint density at radius 1 is 0.905 bits per heavy atom. The van der Waals surface area contributed by atoms with Crippen molar-refractivity contribution in [2.45, 2.75) is 89.9 Å². The molecule has 63 heavy (non-hydrogen) atoms. The third-order valence-corrected chi connectivity index (χ3v) is 13.3. The van der Waals surface area contributed by atoms with Crippen LogP contribution in [0.25, 0.3) is 0 Å². The summed E-state index contributed by atoms with van der Waals surface area (Å²) < 4.78 is 42.3. The van der Waals surface area contributed by atoms with Crippen molar-refractivity contribution < 1.29 is 51.4 Å². The van der Waals surface area contributed by atoms with Crippen LogP contribution in [0.15, 0.2) is 66.0 Å². The van der Waals surface area contributed by atoms with Crippen molar-refractivity contribution >= 4 is 62.3 Å². The number of carbonyl (C=O) groups excluding carboxylic acids is 6. The van der Waals surface area contributed by atoms with Gasteiger partial charge in [-0.25, -0.2) is 8.42 Å². The van der Waals surface area contributed by atoms with Gasteiger partial charge in [0.25, 0.3) is 17.7 Å². The number of hydrogen-bond acceptors (Lipinski definition) is 12. The molecule has 0 bridgehead atoms. The van der Waals surface area contributed by atoms with Crippen molar-refractivity contribution in [1.82, 2.24) is 15.1 Å². The molecule has 4 aromatic rings. The SMILES string of the molecule is CCOc1cc([C@@H](CS(C)(=O)=O)N2C(=O)c3cccc(NC(=O)CCCCCCCc4ccc(OCc5scc6c5CN(C5CCC(=O)NC5=O)C6=O)cc4)c3C2=O)ccc1OC. The van der Waals surface area contributed by atoms with Crippen molar-refractivity contribution in [3.05, 3.63) is 104 Å². The first-order valence-electron chi connectivity index (χ1n) is 21.0. The van der Waals surface area contributed by atoms with E-state index in [9.17, 15) is 37.2 Å². The van der Waals surface area contributed by atoms with Crippen LogP contribution < -0.4 is 24.8 Å². The lowest BCUT2D eigenvalue weighted by atomic mass is 10.0. The minimum Gasteiger partial charge on any atom is -0.493 e. The molecule has 332 valence electrons. The number of anilines is 1. The van der Waals surface area contributed by atoms with Crippen LogP contribution in [-0.2, 0) is 43.8 Å². The van der Waals surface area contributed by atoms with E-state index >= 15 is 0 Å². The molecule has 0 radical (unpaired) electrons. The summed E-state index contributed by atoms with van der Waals surface area (Å²) in [6.45, 7) is 2.71. The molecule has 1 aromatic heterocycles. The zero-order chi connectivity index (χ0) is 44.8. The van der Waals surface area contributed by atoms with Crippen molar-refractivity contribution in [3.8, 4) is 17.2 Å². The van der Waals surface area contributed by atoms with Gasteiger partial charge in [-0.05, 0) is 80.1 Å². The largest absolute Gasteiger partial charge is 0.493 e. The Morgan fingerprint density at radius 2 is 1.67 bits per heavy atom. The van der Waals surface area contributed by atoms with E-state index in [1.165, 1.54) is 30.1 Å². The number of ether oxygens (including phenoxy) is 3. The second kappa shape index (κ2) is 19.5. The van der Waals surface area contributed by atoms with Gasteiger partial charge in [-0.3, -0.25) is 39.0 Å². The van der Waals surface area contributed by atoms with E-state index in [4.69, 9.17) is 14.2 Å². The molecule has 1 saturated heterocycles. The molecule has 4 heterocycles. The molecule has 1 unspecified atom stereocenters. The molecular formula is C46H50N4O11S2. The number of sulfone groups is 1. The highest BCUT2D eigenvalue weighted by molar-refractivity contribution is 7.90. The van der Waals surface area contributed by atoms with E-state index in [0.29, 0.717) is 61.0 Å². The Bertz CT molecular complexity index is 2540. The Hall–Kier alpha value is -6.07. The summed E-state index contributed by atoms with van der Waals surface area (Å²) in [4.78, 5) is 81.2. The second-order valence-corrected chi connectivity index (χ2v) is 19.0. The number of methoxy groups -OCH3 is 1. The number of nitrogens with one attached hydrogen (secondary N) is 2. The number of imide groups is 2. The second-order valence-electron chi connectivity index (χ2n) is 15.9. The van der Waals surface area contributed by atoms with Crippen LogP contribution in [0.2, 0.25) is 0 Å². The summed E-state index contributed by atoms with van der Waals surface area (Å²) in [7, 11) is -2.20. The maximum Gasteiger partial charge on any atom is 0.264 e. The number of thiophene rings is 1. The molecule has 2 atom stereocenters. The van der Waals surface area contributed by atoms with E-state index in [1.807, 2.05) is 29.6 Å². The van der Waals surface area contributed by atoms with Gasteiger partial charge in [-0.2, -0.15) is 0 Å². The van der Waals surface area contributed by atoms with Crippen molar-refractivity contribution in [3.63, 3.8) is 0 Å². The lowest BCUT2D eigenvalue weighted by Crippen LogP contribution is -2.52. The van der Waals surface area contributed by atoms with Crippen molar-refractivity contribution in [2.75, 3.05) is 31.0 Å². The van der Waals surface area contributed by atoms with Gasteiger partial charge in [0, 0.05) is 41.5 Å². The standard InChI is InChI=1S/C46H50N4O11S2/c1-4-60-38-23-29(17-21-37(38)59-2)36(27-63(3,57)58)50-45(55)31-12-10-13-34(42(31)46(50)56)47-40(51)14-9-7-5-6-8-11-28-15-18-30(19-16-28)61-25-39-32-24-49(44(54)33(32)26-62-39)35-20-22-41(52)48-43(35)53/h10,12-13,15-19,21,23,26,35-36H,4-9,11,14,20,22,24-25,27H2,1-3H3,(H,47,51)(H,48,52,53)/t35?,36-/m1/s1. The van der Waals surface area contributed by atoms with Crippen LogP contribution in [0.1, 0.15) is 117 Å². The molecule has 0 saturated carbocycles. The summed E-state index contributed by atoms with van der Waals surface area (Å²) in [6, 6.07) is 15.5. The van der Waals surface area contributed by atoms with Crippen LogP contribution in [0.5, 0.6) is 17.2 Å². The van der Waals surface area contributed by atoms with Gasteiger partial charge in [0.2, 0.25) is 17.7 Å². The molecule has 3 aromatic carbocycles. The first kappa shape index (κ1) is 45.0. The Morgan fingerprint density at radius 3 is 2.40 bits per heavy atom. The molecule has 17 heteroatoms. The fraction of sp³-hybridized carbons (Fsp3) is 0.391. The molecule has 0 aliphatic carbocycles. The Kier molecular flexibility index (Phi) is 13.9. The number of carbonyl (C=O) groups is 6. The van der Waals surface area contributed by atoms with Gasteiger partial charge in [-0.1, -0.05) is 43.5 Å². The lowest BCUT2D eigenvalue weighted by Gasteiger charge is -2.29. The summed E-state index contributed by atoms with van der Waals surface area (Å²) in [5.74, 6) is -1.63. The molecule has 3 aliphatic heterocycles. The van der Waals surface area contributed by atoms with E-state index in [1.54, 1.807) is 42.2 Å². The minimum absolute atomic E-state index is 0.0240. The molecule has 6 amide bonds. The van der Waals surface area contributed by atoms with E-state index < -0.39 is 45.4 Å². The summed E-state index contributed by atoms with van der Waals surface area (Å²) in [5, 5.41) is 6.95. The summed E-state index contributed by atoms with van der Waals surface area (Å²) in [5.41, 5.74) is 3.32. The molecule has 0 spiro atoms. The van der Waals surface area contributed by atoms with E-state index in [2.05, 4.69) is 10.6 Å². The predicted molar refractivity (Wildman–Crippen MR) is 235 cm³/mol. The number of nitrogens with zero attached hydrogens (tertiary/aromatic N) is 2. The van der Waals surface area contributed by atoms with Gasteiger partial charge in [0.15, 0.2) is 11.5 Å². The zero-order valence-electron chi connectivity index (χ0n) is 35.4. The first-order valence-corrected chi connectivity index (χ1v) is 23.9. The average molecular weight is 899 g/mol. The fourth-order valence-corrected chi connectivity index (χ4v) is 10.1. The Balaban J connectivity index is 0.845. The smallest absolute Gasteiger partial charge is 0.264 e. The highest BCUT2D eigenvalue weighted by atomic mass is 32.2. The number of amides is 6. The summed E-state index contributed by atoms with van der Waals surface area (Å²) in [6.07, 6.45) is 7.04. The van der Waals surface area contributed by atoms with Crippen LogP contribution in [0, 0.1) is 0 Å². The number of piperidine rings is 1. The maximum absolute atomic E-state index is 14.0. The topological polar surface area (TPSA) is 195 Å². The molecule has 2 N–H and O–H groups in total. The van der Waals surface area contributed by atoms with E-state index in [-0.39, 0.29) is 47.4 Å². The molecule has 3 aliphatic rings. The zero-order valence-corrected chi connectivity index (χ0v) is 37.0. The van der Waals surface area contributed by atoms with Gasteiger partial charge < -0.3 is 24.4 Å². The highest BCUT2D eigenvalue weighted by Crippen LogP contribution is 2.39. The number of benzene rings is 3. The predicted octanol–water partition coefficient (Wildman–Crippen LogP) is 6.40. The average Bonchev–Trinajstić information content (AvgIpc) is 3.89. The third kappa shape index (κ3) is 10.3. The van der Waals surface area contributed by atoms with Gasteiger partial charge in [0.1, 0.15) is 28.2 Å². The normalized spacial score (nSPS) is 16.5. The molecular weight excluding hydrogens is 849 g/mol. The number of fused-ring (bicyclic) bond motifs is 2. The fourth-order valence-electron chi connectivity index (χ4n) is 8.25. The maximum atomic E-state index is 14.0. The molecule has 15 nitrogen and oxygen atoms in total. The minimum atomic E-state index is -3.68. The van der Waals surface area contributed by atoms with Crippen LogP contribution >= 0.6 is 11.3 Å². The monoisotopic (exact) mass is 898 g/mol. The molecule has 1 fully saturated rings. The van der Waals surface area contributed by atoms with Crippen LogP contribution in [0.4, 0.5) is 5.69 Å². The number of unbranched alkanes of at least 4 members (excludes halogenated alkanes) is 4. The van der Waals surface area contributed by atoms with Crippen molar-refractivity contribution in [2.24, 2.45) is 0 Å². The first-order chi connectivity index (χ1) is 30.3. The van der Waals surface area contributed by atoms with Crippen LogP contribution in [0.3, 0.4) is 0 Å². The Labute approximate surface area is 370 Å².